The maximum absolute atomic E-state index is 14.0. The number of likely N-dealkylation sites (N-methyl/N-ethyl adjacent to an activating group) is 1. The third-order valence-electron chi connectivity index (χ3n) is 9.15. The summed E-state index contributed by atoms with van der Waals surface area (Å²) in [5.41, 5.74) is 3.95. The molecule has 45 heavy (non-hydrogen) atoms. The van der Waals surface area contributed by atoms with E-state index in [1.807, 2.05) is 0 Å². The van der Waals surface area contributed by atoms with Crippen molar-refractivity contribution in [1.82, 2.24) is 10.2 Å². The minimum atomic E-state index is -4.41. The van der Waals surface area contributed by atoms with E-state index >= 15 is 0 Å². The van der Waals surface area contributed by atoms with Gasteiger partial charge in [0.1, 0.15) is 11.5 Å². The molecule has 11 nitrogen and oxygen atoms in total. The SMILES string of the molecule is COc1ccc(CNCC(F)(F)F)cc1-c1ccc(O)c2c1C[C@@H]1C[C@@H]3C(N(C)C)C(=O)C(C(N)=O)C(=O)[C@]3(O)C(=O)C1C2=O. The Bertz CT molecular complexity index is 1620. The maximum atomic E-state index is 14.0. The first-order valence-corrected chi connectivity index (χ1v) is 14.2. The molecule has 5 rings (SSSR count). The van der Waals surface area contributed by atoms with Gasteiger partial charge >= 0.3 is 6.18 Å². The monoisotopic (exact) mass is 631 g/mol. The lowest BCUT2D eigenvalue weighted by molar-refractivity contribution is -0.181. The highest BCUT2D eigenvalue weighted by Crippen LogP contribution is 2.52. The summed E-state index contributed by atoms with van der Waals surface area (Å²) in [4.78, 5) is 68.3. The van der Waals surface area contributed by atoms with Crippen molar-refractivity contribution in [3.05, 3.63) is 47.0 Å². The number of primary amides is 1. The predicted molar refractivity (Wildman–Crippen MR) is 151 cm³/mol. The molecule has 0 aliphatic heterocycles. The number of aromatic hydroxyl groups is 1. The van der Waals surface area contributed by atoms with E-state index in [2.05, 4.69) is 5.32 Å². The number of nitrogens with zero attached hydrogens (tertiary/aromatic N) is 1. The van der Waals surface area contributed by atoms with Crippen LogP contribution >= 0.6 is 0 Å². The lowest BCUT2D eigenvalue weighted by Gasteiger charge is -2.52. The van der Waals surface area contributed by atoms with Crippen LogP contribution in [0, 0.1) is 23.7 Å². The van der Waals surface area contributed by atoms with E-state index in [4.69, 9.17) is 10.5 Å². The molecule has 3 unspecified atom stereocenters. The molecule has 3 aliphatic carbocycles. The van der Waals surface area contributed by atoms with Crippen LogP contribution in [0.1, 0.15) is 27.9 Å². The highest BCUT2D eigenvalue weighted by molar-refractivity contribution is 6.32. The van der Waals surface area contributed by atoms with E-state index in [0.29, 0.717) is 28.0 Å². The number of hydrogen-bond donors (Lipinski definition) is 4. The number of nitrogens with two attached hydrogens (primary N) is 1. The van der Waals surface area contributed by atoms with Crippen molar-refractivity contribution in [2.24, 2.45) is 29.4 Å². The molecule has 0 heterocycles. The Morgan fingerprint density at radius 3 is 2.40 bits per heavy atom. The molecular weight excluding hydrogens is 599 g/mol. The summed E-state index contributed by atoms with van der Waals surface area (Å²) < 4.78 is 43.6. The number of hydrogen-bond acceptors (Lipinski definition) is 10. The van der Waals surface area contributed by atoms with Gasteiger partial charge in [-0.15, -0.1) is 0 Å². The summed E-state index contributed by atoms with van der Waals surface area (Å²) in [6.45, 7) is -1.34. The van der Waals surface area contributed by atoms with Crippen molar-refractivity contribution >= 4 is 29.0 Å². The number of amides is 1. The zero-order valence-electron chi connectivity index (χ0n) is 24.6. The average molecular weight is 632 g/mol. The Morgan fingerprint density at radius 1 is 1.11 bits per heavy atom. The van der Waals surface area contributed by atoms with Gasteiger partial charge in [-0.05, 0) is 67.7 Å². The number of Topliss-reactive ketones (excluding diaryl/α,β-unsaturated/α-hetero) is 4. The molecule has 0 spiro atoms. The van der Waals surface area contributed by atoms with Gasteiger partial charge in [0.2, 0.25) is 5.91 Å². The lowest BCUT2D eigenvalue weighted by Crippen LogP contribution is -2.74. The predicted octanol–water partition coefficient (Wildman–Crippen LogP) is 1.19. The Morgan fingerprint density at radius 2 is 1.80 bits per heavy atom. The first-order valence-electron chi connectivity index (χ1n) is 14.2. The molecule has 0 radical (unpaired) electrons. The number of phenolic OH excluding ortho intramolecular Hbond substituents is 1. The van der Waals surface area contributed by atoms with Crippen LogP contribution in [0.15, 0.2) is 30.3 Å². The van der Waals surface area contributed by atoms with Gasteiger partial charge in [-0.2, -0.15) is 13.2 Å². The standard InChI is InChI=1S/C31H32F3N3O8/c1-37(2)24-18-10-14-9-17-15(16-8-13(4-7-20(16)45-3)11-36-12-30(32,33)34)5-6-19(38)22(17)25(39)21(14)27(41)31(18,44)28(42)23(26(24)40)29(35)43/h4-8,14,18,21,23-24,36,38,44H,9-12H2,1-3H3,(H2,35,43)/t14-,18-,21?,23?,24?,31-/m1/s1. The van der Waals surface area contributed by atoms with Crippen molar-refractivity contribution in [1.29, 1.82) is 0 Å². The number of ether oxygens (including phenoxy) is 1. The van der Waals surface area contributed by atoms with Crippen molar-refractivity contribution in [2.45, 2.75) is 37.2 Å². The van der Waals surface area contributed by atoms with Crippen LogP contribution in [-0.2, 0) is 32.1 Å². The largest absolute Gasteiger partial charge is 0.507 e. The average Bonchev–Trinajstić information content (AvgIpc) is 2.94. The number of methoxy groups -OCH3 is 1. The second-order valence-electron chi connectivity index (χ2n) is 12.0. The van der Waals surface area contributed by atoms with E-state index in [1.165, 1.54) is 38.2 Å². The minimum Gasteiger partial charge on any atom is -0.507 e. The first-order chi connectivity index (χ1) is 21.0. The molecule has 0 aromatic heterocycles. The number of alkyl halides is 3. The second kappa shape index (κ2) is 11.3. The highest BCUT2D eigenvalue weighted by Gasteiger charge is 2.69. The molecule has 3 aliphatic rings. The van der Waals surface area contributed by atoms with E-state index < -0.39 is 82.8 Å². The van der Waals surface area contributed by atoms with Crippen molar-refractivity contribution in [3.63, 3.8) is 0 Å². The normalized spacial score (nSPS) is 28.0. The summed E-state index contributed by atoms with van der Waals surface area (Å²) in [6, 6.07) is 6.27. The third-order valence-corrected chi connectivity index (χ3v) is 9.15. The molecule has 0 bridgehead atoms. The van der Waals surface area contributed by atoms with Gasteiger partial charge in [-0.1, -0.05) is 12.1 Å². The smallest absolute Gasteiger partial charge is 0.401 e. The number of fused-ring (bicyclic) bond motifs is 3. The number of benzene rings is 2. The molecule has 2 saturated carbocycles. The van der Waals surface area contributed by atoms with E-state index in [9.17, 15) is 47.4 Å². The third kappa shape index (κ3) is 5.20. The van der Waals surface area contributed by atoms with Crippen LogP contribution in [0.3, 0.4) is 0 Å². The van der Waals surface area contributed by atoms with Crippen molar-refractivity contribution in [3.8, 4) is 22.6 Å². The van der Waals surface area contributed by atoms with Crippen LogP contribution in [0.4, 0.5) is 13.2 Å². The van der Waals surface area contributed by atoms with Gasteiger partial charge in [0.25, 0.3) is 0 Å². The number of phenols is 1. The van der Waals surface area contributed by atoms with Crippen LogP contribution in [0.2, 0.25) is 0 Å². The van der Waals surface area contributed by atoms with Gasteiger partial charge < -0.3 is 26.0 Å². The number of rotatable bonds is 7. The summed E-state index contributed by atoms with van der Waals surface area (Å²) in [5, 5.41) is 24.9. The fraction of sp³-hybridized carbons (Fsp3) is 0.452. The zero-order valence-corrected chi connectivity index (χ0v) is 24.6. The molecular formula is C31H32F3N3O8. The van der Waals surface area contributed by atoms with Gasteiger partial charge in [0, 0.05) is 18.0 Å². The highest BCUT2D eigenvalue weighted by atomic mass is 19.4. The summed E-state index contributed by atoms with van der Waals surface area (Å²) in [5.74, 6) is -11.4. The summed E-state index contributed by atoms with van der Waals surface area (Å²) in [6.07, 6.45) is -4.53. The summed E-state index contributed by atoms with van der Waals surface area (Å²) in [7, 11) is 4.38. The molecule has 240 valence electrons. The second-order valence-corrected chi connectivity index (χ2v) is 12.0. The van der Waals surface area contributed by atoms with E-state index in [0.717, 1.165) is 0 Å². The summed E-state index contributed by atoms with van der Waals surface area (Å²) >= 11 is 0. The fourth-order valence-electron chi connectivity index (χ4n) is 7.28. The van der Waals surface area contributed by atoms with Gasteiger partial charge in [-0.3, -0.25) is 28.9 Å². The van der Waals surface area contributed by atoms with Crippen LogP contribution in [0.25, 0.3) is 11.1 Å². The minimum absolute atomic E-state index is 0.00920. The van der Waals surface area contributed by atoms with Crippen molar-refractivity contribution < 1.29 is 52.1 Å². The van der Waals surface area contributed by atoms with Crippen molar-refractivity contribution in [2.75, 3.05) is 27.7 Å². The zero-order chi connectivity index (χ0) is 33.2. The number of carbonyl (C=O) groups excluding carboxylic acids is 5. The fourth-order valence-corrected chi connectivity index (χ4v) is 7.28. The molecule has 5 N–H and O–H groups in total. The van der Waals surface area contributed by atoms with Crippen LogP contribution < -0.4 is 15.8 Å². The Kier molecular flexibility index (Phi) is 8.13. The molecule has 0 saturated heterocycles. The number of ketones is 4. The number of nitrogens with one attached hydrogen (secondary N) is 1. The Balaban J connectivity index is 1.60. The lowest BCUT2D eigenvalue weighted by atomic mass is 9.52. The van der Waals surface area contributed by atoms with E-state index in [1.54, 1.807) is 18.2 Å². The molecule has 14 heteroatoms. The maximum Gasteiger partial charge on any atom is 0.401 e. The van der Waals surface area contributed by atoms with Gasteiger partial charge in [-0.25, -0.2) is 0 Å². The Labute approximate surface area is 255 Å². The van der Waals surface area contributed by atoms with Crippen LogP contribution in [0.5, 0.6) is 11.5 Å². The molecule has 2 aromatic rings. The first kappa shape index (κ1) is 32.3. The van der Waals surface area contributed by atoms with Gasteiger partial charge in [0.15, 0.2) is 34.7 Å². The number of aliphatic hydroxyl groups is 1. The molecule has 2 aromatic carbocycles. The molecule has 6 atom stereocenters. The van der Waals surface area contributed by atoms with Gasteiger partial charge in [0.05, 0.1) is 31.2 Å². The number of halogens is 3. The van der Waals surface area contributed by atoms with E-state index in [-0.39, 0.29) is 24.9 Å². The number of carbonyl (C=O) groups is 5. The van der Waals surface area contributed by atoms with Crippen LogP contribution in [-0.4, -0.2) is 89.7 Å². The molecule has 1 amide bonds. The molecule has 2 fully saturated rings. The Hall–Kier alpha value is -4.14. The quantitative estimate of drug-likeness (QED) is 0.325. The topological polar surface area (TPSA) is 176 Å².